The fourth-order valence-electron chi connectivity index (χ4n) is 2.66. The summed E-state index contributed by atoms with van der Waals surface area (Å²) >= 11 is 1.77. The number of thiophene rings is 1. The number of hydrogen-bond donors (Lipinski definition) is 0. The lowest BCUT2D eigenvalue weighted by Gasteiger charge is -2.04. The molecule has 0 radical (unpaired) electrons. The number of nitriles is 1. The van der Waals surface area contributed by atoms with Crippen molar-refractivity contribution in [2.75, 3.05) is 0 Å². The molecule has 0 fully saturated rings. The molecule has 4 aromatic rings. The van der Waals surface area contributed by atoms with E-state index in [1.807, 2.05) is 18.2 Å². The van der Waals surface area contributed by atoms with Crippen molar-refractivity contribution in [1.29, 1.82) is 5.26 Å². The van der Waals surface area contributed by atoms with Crippen LogP contribution in [-0.4, -0.2) is 4.98 Å². The number of rotatable bonds is 1. The second-order valence-corrected chi connectivity index (χ2v) is 5.77. The Labute approximate surface area is 119 Å². The Balaban J connectivity index is 2.27. The molecule has 0 aliphatic carbocycles. The summed E-state index contributed by atoms with van der Waals surface area (Å²) in [4.78, 5) is 4.77. The Morgan fingerprint density at radius 1 is 0.950 bits per heavy atom. The third-order valence-electron chi connectivity index (χ3n) is 3.55. The van der Waals surface area contributed by atoms with Gasteiger partial charge in [-0.05, 0) is 6.07 Å². The molecule has 20 heavy (non-hydrogen) atoms. The van der Waals surface area contributed by atoms with E-state index >= 15 is 0 Å². The monoisotopic (exact) mass is 274 g/mol. The highest BCUT2D eigenvalue weighted by Gasteiger charge is 2.12. The molecular formula is C17H10N2S. The van der Waals surface area contributed by atoms with Crippen molar-refractivity contribution in [3.8, 4) is 6.07 Å². The van der Waals surface area contributed by atoms with Gasteiger partial charge in [-0.3, -0.25) is 0 Å². The Hall–Kier alpha value is -2.44. The number of fused-ring (bicyclic) bond motifs is 5. The fraction of sp³-hybridized carbons (Fsp3) is 0.0588. The van der Waals surface area contributed by atoms with Gasteiger partial charge in [0.05, 0.1) is 28.4 Å². The molecule has 2 nitrogen and oxygen atoms in total. The zero-order valence-corrected chi connectivity index (χ0v) is 11.4. The molecule has 0 saturated carbocycles. The summed E-state index contributed by atoms with van der Waals surface area (Å²) in [5, 5.41) is 12.5. The average Bonchev–Trinajstić information content (AvgIpc) is 2.87. The molecule has 2 aromatic carbocycles. The van der Waals surface area contributed by atoms with E-state index in [0.717, 1.165) is 16.6 Å². The number of pyridine rings is 1. The van der Waals surface area contributed by atoms with Gasteiger partial charge in [0, 0.05) is 20.9 Å². The Morgan fingerprint density at radius 3 is 2.45 bits per heavy atom. The normalized spacial score (nSPS) is 11.2. The van der Waals surface area contributed by atoms with Gasteiger partial charge in [-0.15, -0.1) is 11.3 Å². The van der Waals surface area contributed by atoms with Crippen molar-refractivity contribution in [3.63, 3.8) is 0 Å². The van der Waals surface area contributed by atoms with Crippen LogP contribution in [0.2, 0.25) is 0 Å². The standard InChI is InChI=1S/C17H10N2S/c18-10-9-14-11-5-1-2-6-12(11)17-16(19-14)13-7-3-4-8-15(13)20-17/h1-8H,9H2. The van der Waals surface area contributed by atoms with Crippen LogP contribution in [0, 0.1) is 11.3 Å². The van der Waals surface area contributed by atoms with E-state index in [1.165, 1.54) is 20.2 Å². The number of benzene rings is 2. The number of hydrogen-bond acceptors (Lipinski definition) is 3. The molecule has 0 aliphatic heterocycles. The van der Waals surface area contributed by atoms with Crippen molar-refractivity contribution >= 4 is 42.4 Å². The first-order valence-corrected chi connectivity index (χ1v) is 7.26. The highest BCUT2D eigenvalue weighted by atomic mass is 32.1. The summed E-state index contributed by atoms with van der Waals surface area (Å²) < 4.78 is 2.46. The van der Waals surface area contributed by atoms with Crippen LogP contribution >= 0.6 is 11.3 Å². The zero-order chi connectivity index (χ0) is 13.5. The fourth-order valence-corrected chi connectivity index (χ4v) is 3.84. The second-order valence-electron chi connectivity index (χ2n) is 4.71. The van der Waals surface area contributed by atoms with Gasteiger partial charge in [0.2, 0.25) is 0 Å². The largest absolute Gasteiger partial charge is 0.250 e. The highest BCUT2D eigenvalue weighted by molar-refractivity contribution is 7.26. The third kappa shape index (κ3) is 1.52. The molecule has 0 aliphatic rings. The summed E-state index contributed by atoms with van der Waals surface area (Å²) in [5.41, 5.74) is 1.90. The minimum Gasteiger partial charge on any atom is -0.250 e. The van der Waals surface area contributed by atoms with Gasteiger partial charge in [0.15, 0.2) is 0 Å². The van der Waals surface area contributed by atoms with Gasteiger partial charge in [-0.1, -0.05) is 42.5 Å². The highest BCUT2D eigenvalue weighted by Crippen LogP contribution is 2.37. The lowest BCUT2D eigenvalue weighted by Crippen LogP contribution is -1.90. The molecule has 0 bridgehead atoms. The quantitative estimate of drug-likeness (QED) is 0.506. The van der Waals surface area contributed by atoms with Crippen LogP contribution in [0.25, 0.3) is 31.1 Å². The molecule has 94 valence electrons. The van der Waals surface area contributed by atoms with E-state index in [9.17, 15) is 0 Å². The minimum atomic E-state index is 0.348. The van der Waals surface area contributed by atoms with Gasteiger partial charge in [0.25, 0.3) is 0 Å². The van der Waals surface area contributed by atoms with Crippen LogP contribution in [0.4, 0.5) is 0 Å². The van der Waals surface area contributed by atoms with Crippen LogP contribution in [0.1, 0.15) is 5.69 Å². The lowest BCUT2D eigenvalue weighted by atomic mass is 10.1. The summed E-state index contributed by atoms with van der Waals surface area (Å²) in [6.07, 6.45) is 0.348. The Kier molecular flexibility index (Phi) is 2.45. The molecule has 0 unspecified atom stereocenters. The summed E-state index contributed by atoms with van der Waals surface area (Å²) in [6, 6.07) is 18.8. The van der Waals surface area contributed by atoms with Crippen molar-refractivity contribution in [2.45, 2.75) is 6.42 Å². The summed E-state index contributed by atoms with van der Waals surface area (Å²) in [5.74, 6) is 0. The molecule has 2 aromatic heterocycles. The third-order valence-corrected chi connectivity index (χ3v) is 4.74. The van der Waals surface area contributed by atoms with E-state index in [2.05, 4.69) is 36.4 Å². The average molecular weight is 274 g/mol. The van der Waals surface area contributed by atoms with Gasteiger partial charge < -0.3 is 0 Å². The van der Waals surface area contributed by atoms with E-state index in [4.69, 9.17) is 10.2 Å². The Morgan fingerprint density at radius 2 is 1.65 bits per heavy atom. The van der Waals surface area contributed by atoms with Crippen LogP contribution in [0.3, 0.4) is 0 Å². The van der Waals surface area contributed by atoms with E-state index in [1.54, 1.807) is 11.3 Å². The van der Waals surface area contributed by atoms with Gasteiger partial charge in [-0.2, -0.15) is 5.26 Å². The predicted molar refractivity (Wildman–Crippen MR) is 83.9 cm³/mol. The van der Waals surface area contributed by atoms with Crippen LogP contribution in [0.5, 0.6) is 0 Å². The molecule has 0 amide bonds. The van der Waals surface area contributed by atoms with Crippen molar-refractivity contribution < 1.29 is 0 Å². The maximum Gasteiger partial charge on any atom is 0.0898 e. The Bertz CT molecular complexity index is 992. The van der Waals surface area contributed by atoms with Gasteiger partial charge in [-0.25, -0.2) is 4.98 Å². The SMILES string of the molecule is N#CCc1nc2c3ccccc3sc2c2ccccc12. The van der Waals surface area contributed by atoms with Crippen molar-refractivity contribution in [2.24, 2.45) is 0 Å². The second kappa shape index (κ2) is 4.29. The van der Waals surface area contributed by atoms with Crippen molar-refractivity contribution in [1.82, 2.24) is 4.98 Å². The summed E-state index contributed by atoms with van der Waals surface area (Å²) in [6.45, 7) is 0. The first-order chi connectivity index (χ1) is 9.88. The number of aromatic nitrogens is 1. The van der Waals surface area contributed by atoms with Gasteiger partial charge >= 0.3 is 0 Å². The van der Waals surface area contributed by atoms with Crippen LogP contribution in [0.15, 0.2) is 48.5 Å². The van der Waals surface area contributed by atoms with Crippen LogP contribution in [-0.2, 0) is 6.42 Å². The lowest BCUT2D eigenvalue weighted by molar-refractivity contribution is 1.18. The first kappa shape index (κ1) is 11.4. The molecule has 3 heteroatoms. The van der Waals surface area contributed by atoms with E-state index in [0.29, 0.717) is 6.42 Å². The van der Waals surface area contributed by atoms with Crippen LogP contribution < -0.4 is 0 Å². The molecule has 4 rings (SSSR count). The smallest absolute Gasteiger partial charge is 0.0898 e. The maximum atomic E-state index is 9.03. The maximum absolute atomic E-state index is 9.03. The van der Waals surface area contributed by atoms with E-state index in [-0.39, 0.29) is 0 Å². The molecule has 2 heterocycles. The van der Waals surface area contributed by atoms with Crippen molar-refractivity contribution in [3.05, 3.63) is 54.2 Å². The molecule has 0 N–H and O–H groups in total. The molecular weight excluding hydrogens is 264 g/mol. The molecule has 0 saturated heterocycles. The topological polar surface area (TPSA) is 36.7 Å². The predicted octanol–water partition coefficient (Wildman–Crippen LogP) is 4.67. The molecule has 0 atom stereocenters. The summed E-state index contributed by atoms with van der Waals surface area (Å²) in [7, 11) is 0. The zero-order valence-electron chi connectivity index (χ0n) is 10.6. The van der Waals surface area contributed by atoms with Gasteiger partial charge in [0.1, 0.15) is 0 Å². The number of nitrogens with zero attached hydrogens (tertiary/aromatic N) is 2. The molecule has 0 spiro atoms. The minimum absolute atomic E-state index is 0.348. The first-order valence-electron chi connectivity index (χ1n) is 6.44. The van der Waals surface area contributed by atoms with E-state index < -0.39 is 0 Å².